The first-order chi connectivity index (χ1) is 9.83. The van der Waals surface area contributed by atoms with Crippen molar-refractivity contribution >= 4 is 22.7 Å². The van der Waals surface area contributed by atoms with Crippen LogP contribution in [0.5, 0.6) is 0 Å². The number of aryl methyl sites for hydroxylation is 1. The van der Waals surface area contributed by atoms with E-state index in [1.807, 2.05) is 7.05 Å². The van der Waals surface area contributed by atoms with Crippen molar-refractivity contribution in [3.8, 4) is 0 Å². The summed E-state index contributed by atoms with van der Waals surface area (Å²) in [5.41, 5.74) is 0. The Balaban J connectivity index is 1.65. The molecule has 3 heterocycles. The lowest BCUT2D eigenvalue weighted by Crippen LogP contribution is -2.23. The lowest BCUT2D eigenvalue weighted by Gasteiger charge is -2.15. The van der Waals surface area contributed by atoms with E-state index in [2.05, 4.69) is 50.4 Å². The molecule has 0 aromatic carbocycles. The van der Waals surface area contributed by atoms with Crippen molar-refractivity contribution in [2.24, 2.45) is 7.05 Å². The van der Waals surface area contributed by atoms with Gasteiger partial charge >= 0.3 is 0 Å². The Morgan fingerprint density at radius 3 is 2.40 bits per heavy atom. The van der Waals surface area contributed by atoms with E-state index in [9.17, 15) is 0 Å². The Hall–Kier alpha value is -1.50. The van der Waals surface area contributed by atoms with Crippen molar-refractivity contribution in [1.82, 2.24) is 20.1 Å². The average Bonchev–Trinajstić information content (AvgIpc) is 3.18. The summed E-state index contributed by atoms with van der Waals surface area (Å²) < 4.78 is 1.74. The highest BCUT2D eigenvalue weighted by Gasteiger charge is 2.15. The molecule has 0 saturated heterocycles. The minimum absolute atomic E-state index is 0.277. The van der Waals surface area contributed by atoms with E-state index in [4.69, 9.17) is 0 Å². The maximum Gasteiger partial charge on any atom is 0.151 e. The van der Waals surface area contributed by atoms with E-state index >= 15 is 0 Å². The second kappa shape index (κ2) is 6.30. The van der Waals surface area contributed by atoms with Crippen LogP contribution in [0.2, 0.25) is 0 Å². The van der Waals surface area contributed by atoms with E-state index in [-0.39, 0.29) is 6.04 Å². The summed E-state index contributed by atoms with van der Waals surface area (Å²) in [5, 5.41) is 12.2. The van der Waals surface area contributed by atoms with E-state index in [1.54, 1.807) is 33.7 Å². The Kier molecular flexibility index (Phi) is 4.25. The van der Waals surface area contributed by atoms with Crippen molar-refractivity contribution in [3.63, 3.8) is 0 Å². The first-order valence-electron chi connectivity index (χ1n) is 6.47. The van der Waals surface area contributed by atoms with Crippen LogP contribution in [-0.4, -0.2) is 21.3 Å². The zero-order valence-electron chi connectivity index (χ0n) is 11.2. The van der Waals surface area contributed by atoms with Gasteiger partial charge < -0.3 is 5.32 Å². The molecule has 3 aromatic rings. The third kappa shape index (κ3) is 3.15. The number of thiophene rings is 2. The van der Waals surface area contributed by atoms with Gasteiger partial charge in [-0.3, -0.25) is 4.68 Å². The summed E-state index contributed by atoms with van der Waals surface area (Å²) in [6, 6.07) is 8.84. The molecule has 0 unspecified atom stereocenters. The van der Waals surface area contributed by atoms with Gasteiger partial charge in [0.1, 0.15) is 6.33 Å². The molecule has 0 spiro atoms. The third-order valence-corrected chi connectivity index (χ3v) is 4.87. The summed E-state index contributed by atoms with van der Waals surface area (Å²) in [5.74, 6) is 0.885. The van der Waals surface area contributed by atoms with Crippen LogP contribution in [0, 0.1) is 0 Å². The molecule has 3 aromatic heterocycles. The van der Waals surface area contributed by atoms with Crippen LogP contribution in [0.15, 0.2) is 41.4 Å². The van der Waals surface area contributed by atoms with Crippen molar-refractivity contribution in [1.29, 1.82) is 0 Å². The standard InChI is InChI=1S/C14H16N4S2/c1-18-10-16-13(17-18)6-7-15-14(11-4-2-8-19-11)12-5-3-9-20-12/h2-5,8-10,14-15H,6-7H2,1H3. The summed E-state index contributed by atoms with van der Waals surface area (Å²) in [7, 11) is 1.89. The topological polar surface area (TPSA) is 42.7 Å². The van der Waals surface area contributed by atoms with Gasteiger partial charge in [0.25, 0.3) is 0 Å². The number of hydrogen-bond acceptors (Lipinski definition) is 5. The maximum absolute atomic E-state index is 4.30. The van der Waals surface area contributed by atoms with E-state index in [1.165, 1.54) is 9.75 Å². The summed E-state index contributed by atoms with van der Waals surface area (Å²) >= 11 is 3.58. The second-order valence-corrected chi connectivity index (χ2v) is 6.46. The molecular weight excluding hydrogens is 288 g/mol. The van der Waals surface area contributed by atoms with E-state index in [0.717, 1.165) is 18.8 Å². The van der Waals surface area contributed by atoms with Gasteiger partial charge in [-0.25, -0.2) is 4.98 Å². The SMILES string of the molecule is Cn1cnc(CCNC(c2cccs2)c2cccs2)n1. The van der Waals surface area contributed by atoms with Crippen molar-refractivity contribution in [2.45, 2.75) is 12.5 Å². The molecule has 4 nitrogen and oxygen atoms in total. The molecular formula is C14H16N4S2. The average molecular weight is 304 g/mol. The number of aromatic nitrogens is 3. The number of nitrogens with zero attached hydrogens (tertiary/aromatic N) is 3. The zero-order chi connectivity index (χ0) is 13.8. The van der Waals surface area contributed by atoms with Crippen LogP contribution in [0.4, 0.5) is 0 Å². The molecule has 0 fully saturated rings. The van der Waals surface area contributed by atoms with Gasteiger partial charge in [-0.05, 0) is 22.9 Å². The molecule has 0 aliphatic carbocycles. The van der Waals surface area contributed by atoms with Crippen LogP contribution < -0.4 is 5.32 Å². The predicted molar refractivity (Wildman–Crippen MR) is 83.2 cm³/mol. The predicted octanol–water partition coefficient (Wildman–Crippen LogP) is 2.86. The van der Waals surface area contributed by atoms with Gasteiger partial charge in [0.15, 0.2) is 5.82 Å². The lowest BCUT2D eigenvalue weighted by atomic mass is 10.2. The van der Waals surface area contributed by atoms with Crippen molar-refractivity contribution in [3.05, 3.63) is 56.9 Å². The number of rotatable bonds is 6. The lowest BCUT2D eigenvalue weighted by molar-refractivity contribution is 0.608. The first-order valence-corrected chi connectivity index (χ1v) is 8.23. The Bertz CT molecular complexity index is 594. The van der Waals surface area contributed by atoms with Gasteiger partial charge in [0, 0.05) is 29.8 Å². The molecule has 0 bridgehead atoms. The van der Waals surface area contributed by atoms with Gasteiger partial charge in [-0.1, -0.05) is 12.1 Å². The number of hydrogen-bond donors (Lipinski definition) is 1. The Morgan fingerprint density at radius 2 is 1.90 bits per heavy atom. The smallest absolute Gasteiger partial charge is 0.151 e. The highest BCUT2D eigenvalue weighted by Crippen LogP contribution is 2.28. The van der Waals surface area contributed by atoms with Crippen LogP contribution in [-0.2, 0) is 13.5 Å². The monoisotopic (exact) mass is 304 g/mol. The summed E-state index contributed by atoms with van der Waals surface area (Å²) in [6.45, 7) is 0.866. The molecule has 6 heteroatoms. The largest absolute Gasteiger partial charge is 0.304 e. The zero-order valence-corrected chi connectivity index (χ0v) is 12.8. The van der Waals surface area contributed by atoms with Crippen LogP contribution in [0.3, 0.4) is 0 Å². The first kappa shape index (κ1) is 13.5. The quantitative estimate of drug-likeness (QED) is 0.761. The summed E-state index contributed by atoms with van der Waals surface area (Å²) in [6.07, 6.45) is 2.58. The molecule has 104 valence electrons. The van der Waals surface area contributed by atoms with Crippen LogP contribution >= 0.6 is 22.7 Å². The van der Waals surface area contributed by atoms with Crippen LogP contribution in [0.25, 0.3) is 0 Å². The molecule has 0 atom stereocenters. The highest BCUT2D eigenvalue weighted by atomic mass is 32.1. The molecule has 3 rings (SSSR count). The minimum Gasteiger partial charge on any atom is -0.304 e. The van der Waals surface area contributed by atoms with Crippen molar-refractivity contribution in [2.75, 3.05) is 6.54 Å². The highest BCUT2D eigenvalue weighted by molar-refractivity contribution is 7.11. The van der Waals surface area contributed by atoms with E-state index in [0.29, 0.717) is 0 Å². The molecule has 0 radical (unpaired) electrons. The molecule has 1 N–H and O–H groups in total. The molecule has 0 aliphatic heterocycles. The van der Waals surface area contributed by atoms with Gasteiger partial charge in [0.2, 0.25) is 0 Å². The molecule has 0 aliphatic rings. The fraction of sp³-hybridized carbons (Fsp3) is 0.286. The van der Waals surface area contributed by atoms with Gasteiger partial charge in [-0.15, -0.1) is 22.7 Å². The minimum atomic E-state index is 0.277. The second-order valence-electron chi connectivity index (χ2n) is 4.50. The molecule has 0 saturated carbocycles. The normalized spacial score (nSPS) is 11.3. The summed E-state index contributed by atoms with van der Waals surface area (Å²) in [4.78, 5) is 6.95. The fourth-order valence-electron chi connectivity index (χ4n) is 2.08. The molecule has 20 heavy (non-hydrogen) atoms. The third-order valence-electron chi connectivity index (χ3n) is 3.00. The van der Waals surface area contributed by atoms with Crippen LogP contribution in [0.1, 0.15) is 21.6 Å². The van der Waals surface area contributed by atoms with Gasteiger partial charge in [-0.2, -0.15) is 5.10 Å². The Morgan fingerprint density at radius 1 is 1.20 bits per heavy atom. The molecule has 0 amide bonds. The fourth-order valence-corrected chi connectivity index (χ4v) is 3.79. The van der Waals surface area contributed by atoms with Crippen molar-refractivity contribution < 1.29 is 0 Å². The van der Waals surface area contributed by atoms with E-state index < -0.39 is 0 Å². The Labute approximate surface area is 126 Å². The van der Waals surface area contributed by atoms with Gasteiger partial charge in [0.05, 0.1) is 6.04 Å². The number of nitrogens with one attached hydrogen (secondary N) is 1. The maximum atomic E-state index is 4.30.